The first-order chi connectivity index (χ1) is 14.1. The van der Waals surface area contributed by atoms with Crippen LogP contribution in [0.1, 0.15) is 40.7 Å². The molecule has 1 fully saturated rings. The smallest absolute Gasteiger partial charge is 0.255 e. The van der Waals surface area contributed by atoms with Crippen LogP contribution in [-0.2, 0) is 11.3 Å². The zero-order valence-electron chi connectivity index (χ0n) is 16.5. The fraction of sp³-hybridized carbons (Fsp3) is 0.318. The number of nitrogens with two attached hydrogens (primary N) is 2. The number of carbonyl (C=O) groups excluding carboxylic acids is 1. The van der Waals surface area contributed by atoms with Gasteiger partial charge in [-0.25, -0.2) is 4.98 Å². The van der Waals surface area contributed by atoms with Crippen molar-refractivity contribution < 1.29 is 9.53 Å². The Labute approximate surface area is 170 Å². The van der Waals surface area contributed by atoms with Gasteiger partial charge in [-0.1, -0.05) is 30.3 Å². The van der Waals surface area contributed by atoms with Crippen LogP contribution >= 0.6 is 0 Å². The first-order valence-electron chi connectivity index (χ1n) is 9.68. The molecule has 3 rings (SSSR count). The Morgan fingerprint density at radius 3 is 2.86 bits per heavy atom. The normalized spacial score (nSPS) is 19.6. The van der Waals surface area contributed by atoms with E-state index in [2.05, 4.69) is 15.3 Å². The highest BCUT2D eigenvalue weighted by Crippen LogP contribution is 2.24. The molecule has 1 heterocycles. The topological polar surface area (TPSA) is 116 Å². The highest BCUT2D eigenvalue weighted by molar-refractivity contribution is 6.10. The summed E-state index contributed by atoms with van der Waals surface area (Å²) in [6, 6.07) is 11.6. The van der Waals surface area contributed by atoms with E-state index < -0.39 is 0 Å². The van der Waals surface area contributed by atoms with Crippen LogP contribution in [0.15, 0.2) is 53.8 Å². The lowest BCUT2D eigenvalue weighted by molar-refractivity contribution is 0.0272. The van der Waals surface area contributed by atoms with Crippen molar-refractivity contribution in [3.8, 4) is 0 Å². The van der Waals surface area contributed by atoms with E-state index in [0.717, 1.165) is 24.8 Å². The molecule has 1 amide bonds. The molecule has 7 nitrogen and oxygen atoms in total. The molecule has 0 saturated heterocycles. The molecule has 7 heteroatoms. The quantitative estimate of drug-likeness (QED) is 0.625. The molecule has 152 valence electrons. The fourth-order valence-electron chi connectivity index (χ4n) is 3.48. The summed E-state index contributed by atoms with van der Waals surface area (Å²) in [5.41, 5.74) is 14.4. The summed E-state index contributed by atoms with van der Waals surface area (Å²) in [6.45, 7) is 0.526. The summed E-state index contributed by atoms with van der Waals surface area (Å²) in [7, 11) is 1.65. The summed E-state index contributed by atoms with van der Waals surface area (Å²) in [4.78, 5) is 21.0. The molecule has 1 aliphatic rings. The van der Waals surface area contributed by atoms with Gasteiger partial charge < -0.3 is 21.5 Å². The van der Waals surface area contributed by atoms with Gasteiger partial charge in [0, 0.05) is 36.8 Å². The van der Waals surface area contributed by atoms with Crippen molar-refractivity contribution in [3.05, 3.63) is 65.5 Å². The Hall–Kier alpha value is -3.19. The van der Waals surface area contributed by atoms with Crippen molar-refractivity contribution >= 4 is 23.5 Å². The number of anilines is 1. The predicted molar refractivity (Wildman–Crippen MR) is 115 cm³/mol. The van der Waals surface area contributed by atoms with Gasteiger partial charge >= 0.3 is 0 Å². The number of rotatable bonds is 7. The van der Waals surface area contributed by atoms with Gasteiger partial charge in [-0.05, 0) is 30.9 Å². The molecular weight excluding hydrogens is 366 g/mol. The van der Waals surface area contributed by atoms with E-state index >= 15 is 0 Å². The van der Waals surface area contributed by atoms with Gasteiger partial charge in [0.15, 0.2) is 0 Å². The molecule has 1 aromatic carbocycles. The van der Waals surface area contributed by atoms with Crippen LogP contribution in [0.3, 0.4) is 0 Å². The monoisotopic (exact) mass is 393 g/mol. The highest BCUT2D eigenvalue weighted by Gasteiger charge is 2.30. The van der Waals surface area contributed by atoms with Crippen molar-refractivity contribution in [3.63, 3.8) is 0 Å². The minimum Gasteiger partial charge on any atom is -0.404 e. The Bertz CT molecular complexity index is 895. The lowest BCUT2D eigenvalue weighted by atomic mass is 10.1. The third-order valence-corrected chi connectivity index (χ3v) is 5.02. The minimum atomic E-state index is -0.262. The number of nitrogen functional groups attached to an aromatic ring is 1. The second kappa shape index (κ2) is 9.84. The number of nitrogens with one attached hydrogen (secondary N) is 1. The van der Waals surface area contributed by atoms with Gasteiger partial charge in [-0.15, -0.1) is 0 Å². The maximum atomic E-state index is 12.9. The molecule has 1 aromatic heterocycles. The van der Waals surface area contributed by atoms with E-state index in [1.54, 1.807) is 25.5 Å². The van der Waals surface area contributed by atoms with Crippen molar-refractivity contribution in [2.45, 2.75) is 38.0 Å². The van der Waals surface area contributed by atoms with E-state index in [4.69, 9.17) is 16.2 Å². The maximum absolute atomic E-state index is 12.9. The fourth-order valence-corrected chi connectivity index (χ4v) is 3.48. The number of ether oxygens (including phenoxy) is 1. The number of amides is 1. The number of carbonyl (C=O) groups is 1. The molecule has 2 atom stereocenters. The largest absolute Gasteiger partial charge is 0.404 e. The maximum Gasteiger partial charge on any atom is 0.255 e. The summed E-state index contributed by atoms with van der Waals surface area (Å²) in [6.07, 6.45) is 7.38. The highest BCUT2D eigenvalue weighted by atomic mass is 16.5. The molecule has 0 bridgehead atoms. The first kappa shape index (κ1) is 20.5. The zero-order valence-corrected chi connectivity index (χ0v) is 16.5. The summed E-state index contributed by atoms with van der Waals surface area (Å²) >= 11 is 0. The molecule has 29 heavy (non-hydrogen) atoms. The molecule has 1 saturated carbocycles. The Morgan fingerprint density at radius 1 is 1.34 bits per heavy atom. The van der Waals surface area contributed by atoms with Crippen molar-refractivity contribution in [1.82, 2.24) is 10.3 Å². The van der Waals surface area contributed by atoms with Gasteiger partial charge in [0.25, 0.3) is 5.91 Å². The van der Waals surface area contributed by atoms with Gasteiger partial charge in [0.05, 0.1) is 24.3 Å². The second-order valence-corrected chi connectivity index (χ2v) is 7.01. The third kappa shape index (κ3) is 5.20. The molecule has 5 N–H and O–H groups in total. The molecule has 0 spiro atoms. The van der Waals surface area contributed by atoms with Gasteiger partial charge in [-0.3, -0.25) is 9.79 Å². The number of allylic oxidation sites excluding steroid dienone is 1. The van der Waals surface area contributed by atoms with Gasteiger partial charge in [0.2, 0.25) is 0 Å². The third-order valence-electron chi connectivity index (χ3n) is 5.02. The Morgan fingerprint density at radius 2 is 2.14 bits per heavy atom. The number of aliphatic imine (C=N–C) groups is 1. The Balaban J connectivity index is 1.68. The van der Waals surface area contributed by atoms with E-state index in [0.29, 0.717) is 23.3 Å². The lowest BCUT2D eigenvalue weighted by Gasteiger charge is -2.22. The zero-order chi connectivity index (χ0) is 20.6. The summed E-state index contributed by atoms with van der Waals surface area (Å²) in [5.74, 6) is -0.0855. The summed E-state index contributed by atoms with van der Waals surface area (Å²) < 4.78 is 6.08. The second-order valence-electron chi connectivity index (χ2n) is 7.01. The number of nitrogens with zero attached hydrogens (tertiary/aromatic N) is 2. The summed E-state index contributed by atoms with van der Waals surface area (Å²) in [5, 5.41) is 3.07. The van der Waals surface area contributed by atoms with Crippen LogP contribution in [0.4, 0.5) is 5.82 Å². The van der Waals surface area contributed by atoms with Gasteiger partial charge in [-0.2, -0.15) is 0 Å². The first-order valence-corrected chi connectivity index (χ1v) is 9.68. The van der Waals surface area contributed by atoms with Crippen LogP contribution in [0.2, 0.25) is 0 Å². The molecule has 1 aliphatic carbocycles. The number of hydrogen-bond acceptors (Lipinski definition) is 6. The average molecular weight is 393 g/mol. The lowest BCUT2D eigenvalue weighted by Crippen LogP contribution is -2.41. The van der Waals surface area contributed by atoms with E-state index in [1.165, 1.54) is 6.20 Å². The molecular formula is C22H27N5O2. The molecule has 2 aromatic rings. The van der Waals surface area contributed by atoms with Crippen LogP contribution in [-0.4, -0.2) is 36.3 Å². The molecule has 0 aliphatic heterocycles. The number of pyridine rings is 1. The average Bonchev–Trinajstić information content (AvgIpc) is 3.18. The van der Waals surface area contributed by atoms with Crippen LogP contribution in [0, 0.1) is 0 Å². The van der Waals surface area contributed by atoms with E-state index in [9.17, 15) is 4.79 Å². The van der Waals surface area contributed by atoms with Crippen LogP contribution in [0.25, 0.3) is 5.57 Å². The SMILES string of the molecule is CN=CC(=CN)c1cnc(N)c(C(=O)N[C@@H]2CCC[C@@H]2OCc2ccccc2)c1. The number of aromatic nitrogens is 1. The number of hydrogen-bond donors (Lipinski definition) is 3. The molecule has 0 radical (unpaired) electrons. The van der Waals surface area contributed by atoms with E-state index in [1.807, 2.05) is 30.3 Å². The van der Waals surface area contributed by atoms with Crippen molar-refractivity contribution in [2.24, 2.45) is 10.7 Å². The molecule has 0 unspecified atom stereocenters. The van der Waals surface area contributed by atoms with Gasteiger partial charge in [0.1, 0.15) is 5.82 Å². The number of benzene rings is 1. The standard InChI is InChI=1S/C22H27N5O2/c1-25-12-17(11-23)16-10-18(21(24)26-13-16)22(28)27-19-8-5-9-20(19)29-14-15-6-3-2-4-7-15/h2-4,6-7,10-13,19-20H,5,8-9,14,23H2,1H3,(H2,24,26)(H,27,28)/t19-,20+/m1/s1. The predicted octanol–water partition coefficient (Wildman–Crippen LogP) is 2.53. The van der Waals surface area contributed by atoms with Crippen LogP contribution in [0.5, 0.6) is 0 Å². The van der Waals surface area contributed by atoms with Crippen molar-refractivity contribution in [2.75, 3.05) is 12.8 Å². The van der Waals surface area contributed by atoms with E-state index in [-0.39, 0.29) is 23.9 Å². The minimum absolute atomic E-state index is 0.0248. The van der Waals surface area contributed by atoms with Crippen LogP contribution < -0.4 is 16.8 Å². The Kier molecular flexibility index (Phi) is 6.97. The van der Waals surface area contributed by atoms with Crippen molar-refractivity contribution in [1.29, 1.82) is 0 Å².